The fraction of sp³-hybridized carbons (Fsp3) is 1.00. The highest BCUT2D eigenvalue weighted by atomic mass is 16.5. The van der Waals surface area contributed by atoms with Crippen LogP contribution in [0.5, 0.6) is 0 Å². The topological polar surface area (TPSA) is 21.3 Å². The molecule has 0 amide bonds. The molecule has 0 bridgehead atoms. The molecular formula is C17H33NO. The van der Waals surface area contributed by atoms with Crippen LogP contribution in [-0.2, 0) is 4.74 Å². The fourth-order valence-electron chi connectivity index (χ4n) is 4.08. The average molecular weight is 267 g/mol. The van der Waals surface area contributed by atoms with Crippen LogP contribution in [0.2, 0.25) is 0 Å². The maximum Gasteiger partial charge on any atom is 0.0469 e. The van der Waals surface area contributed by atoms with Crippen LogP contribution in [0.4, 0.5) is 0 Å². The van der Waals surface area contributed by atoms with Crippen molar-refractivity contribution in [2.45, 2.75) is 71.9 Å². The molecule has 1 saturated heterocycles. The van der Waals surface area contributed by atoms with E-state index in [-0.39, 0.29) is 0 Å². The molecule has 19 heavy (non-hydrogen) atoms. The molecular weight excluding hydrogens is 234 g/mol. The quantitative estimate of drug-likeness (QED) is 0.835. The zero-order valence-corrected chi connectivity index (χ0v) is 13.3. The molecule has 0 aromatic heterocycles. The van der Waals surface area contributed by atoms with Crippen molar-refractivity contribution in [1.82, 2.24) is 5.32 Å². The lowest BCUT2D eigenvalue weighted by molar-refractivity contribution is 0.0490. The number of hydrogen-bond acceptors (Lipinski definition) is 2. The molecule has 0 radical (unpaired) electrons. The molecule has 1 aliphatic heterocycles. The van der Waals surface area contributed by atoms with Gasteiger partial charge in [-0.05, 0) is 56.3 Å². The van der Waals surface area contributed by atoms with Crippen molar-refractivity contribution in [2.75, 3.05) is 13.2 Å². The standard InChI is InChI=1S/C17H33NO/c1-12(2)16-6-5-13(3)11-17(16)18-14(4)15-7-9-19-10-8-15/h12-18H,5-11H2,1-4H3. The fourth-order valence-corrected chi connectivity index (χ4v) is 4.08. The molecule has 2 nitrogen and oxygen atoms in total. The van der Waals surface area contributed by atoms with Gasteiger partial charge in [0.2, 0.25) is 0 Å². The first-order valence-corrected chi connectivity index (χ1v) is 8.41. The summed E-state index contributed by atoms with van der Waals surface area (Å²) in [6.45, 7) is 11.5. The molecule has 2 rings (SSSR count). The van der Waals surface area contributed by atoms with Gasteiger partial charge in [0.15, 0.2) is 0 Å². The van der Waals surface area contributed by atoms with Crippen molar-refractivity contribution in [3.63, 3.8) is 0 Å². The van der Waals surface area contributed by atoms with Gasteiger partial charge in [-0.1, -0.05) is 27.2 Å². The second kappa shape index (κ2) is 7.08. The lowest BCUT2D eigenvalue weighted by Crippen LogP contribution is -2.49. The number of hydrogen-bond donors (Lipinski definition) is 1. The highest BCUT2D eigenvalue weighted by Crippen LogP contribution is 2.34. The van der Waals surface area contributed by atoms with Crippen molar-refractivity contribution in [3.05, 3.63) is 0 Å². The van der Waals surface area contributed by atoms with E-state index in [1.54, 1.807) is 0 Å². The minimum Gasteiger partial charge on any atom is -0.381 e. The Kier molecular flexibility index (Phi) is 5.70. The van der Waals surface area contributed by atoms with Crippen molar-refractivity contribution in [2.24, 2.45) is 23.7 Å². The zero-order valence-electron chi connectivity index (χ0n) is 13.3. The molecule has 1 heterocycles. The van der Waals surface area contributed by atoms with Crippen molar-refractivity contribution in [3.8, 4) is 0 Å². The third-order valence-corrected chi connectivity index (χ3v) is 5.47. The van der Waals surface area contributed by atoms with Crippen LogP contribution in [0.1, 0.15) is 59.8 Å². The average Bonchev–Trinajstić information content (AvgIpc) is 2.39. The molecule has 0 aromatic carbocycles. The highest BCUT2D eigenvalue weighted by Gasteiger charge is 2.32. The Labute approximate surface area is 119 Å². The molecule has 2 aliphatic rings. The molecule has 4 atom stereocenters. The Morgan fingerprint density at radius 3 is 2.32 bits per heavy atom. The Morgan fingerprint density at radius 1 is 1.00 bits per heavy atom. The van der Waals surface area contributed by atoms with Gasteiger partial charge in [-0.15, -0.1) is 0 Å². The predicted molar refractivity (Wildman–Crippen MR) is 81.3 cm³/mol. The summed E-state index contributed by atoms with van der Waals surface area (Å²) in [4.78, 5) is 0. The van der Waals surface area contributed by atoms with Gasteiger partial charge in [-0.25, -0.2) is 0 Å². The molecule has 0 aromatic rings. The second-order valence-corrected chi connectivity index (χ2v) is 7.34. The Morgan fingerprint density at radius 2 is 1.68 bits per heavy atom. The lowest BCUT2D eigenvalue weighted by atomic mass is 9.73. The second-order valence-electron chi connectivity index (χ2n) is 7.34. The summed E-state index contributed by atoms with van der Waals surface area (Å²) in [7, 11) is 0. The van der Waals surface area contributed by atoms with Gasteiger partial charge in [-0.3, -0.25) is 0 Å². The summed E-state index contributed by atoms with van der Waals surface area (Å²) in [6, 6.07) is 1.39. The summed E-state index contributed by atoms with van der Waals surface area (Å²) in [5.74, 6) is 3.40. The van der Waals surface area contributed by atoms with E-state index in [0.717, 1.165) is 42.9 Å². The Balaban J connectivity index is 1.90. The molecule has 2 fully saturated rings. The van der Waals surface area contributed by atoms with E-state index in [9.17, 15) is 0 Å². The first-order chi connectivity index (χ1) is 9.08. The highest BCUT2D eigenvalue weighted by molar-refractivity contribution is 4.88. The van der Waals surface area contributed by atoms with Gasteiger partial charge in [-0.2, -0.15) is 0 Å². The van der Waals surface area contributed by atoms with Crippen LogP contribution < -0.4 is 5.32 Å². The van der Waals surface area contributed by atoms with Crippen molar-refractivity contribution < 1.29 is 4.74 Å². The SMILES string of the molecule is CC1CCC(C(C)C)C(NC(C)C2CCOCC2)C1. The summed E-state index contributed by atoms with van der Waals surface area (Å²) in [5.41, 5.74) is 0. The van der Waals surface area contributed by atoms with Gasteiger partial charge in [0.25, 0.3) is 0 Å². The maximum absolute atomic E-state index is 5.49. The van der Waals surface area contributed by atoms with E-state index in [1.165, 1.54) is 32.1 Å². The van der Waals surface area contributed by atoms with Crippen LogP contribution in [0.25, 0.3) is 0 Å². The summed E-state index contributed by atoms with van der Waals surface area (Å²) < 4.78 is 5.49. The number of rotatable bonds is 4. The smallest absolute Gasteiger partial charge is 0.0469 e. The summed E-state index contributed by atoms with van der Waals surface area (Å²) in [6.07, 6.45) is 6.69. The van der Waals surface area contributed by atoms with Crippen LogP contribution in [0, 0.1) is 23.7 Å². The van der Waals surface area contributed by atoms with Gasteiger partial charge in [0.05, 0.1) is 0 Å². The van der Waals surface area contributed by atoms with E-state index < -0.39 is 0 Å². The first-order valence-electron chi connectivity index (χ1n) is 8.41. The molecule has 0 spiro atoms. The van der Waals surface area contributed by atoms with E-state index >= 15 is 0 Å². The van der Waals surface area contributed by atoms with Gasteiger partial charge in [0.1, 0.15) is 0 Å². The van der Waals surface area contributed by atoms with Gasteiger partial charge < -0.3 is 10.1 Å². The van der Waals surface area contributed by atoms with Crippen LogP contribution in [0.3, 0.4) is 0 Å². The lowest BCUT2D eigenvalue weighted by Gasteiger charge is -2.41. The van der Waals surface area contributed by atoms with Crippen LogP contribution in [-0.4, -0.2) is 25.3 Å². The van der Waals surface area contributed by atoms with E-state index in [0.29, 0.717) is 6.04 Å². The van der Waals surface area contributed by atoms with Crippen molar-refractivity contribution in [1.29, 1.82) is 0 Å². The Hall–Kier alpha value is -0.0800. The van der Waals surface area contributed by atoms with E-state index in [1.807, 2.05) is 0 Å². The number of nitrogens with one attached hydrogen (secondary N) is 1. The zero-order chi connectivity index (χ0) is 13.8. The minimum absolute atomic E-state index is 0.653. The maximum atomic E-state index is 5.49. The first kappa shape index (κ1) is 15.3. The summed E-state index contributed by atoms with van der Waals surface area (Å²) >= 11 is 0. The normalized spacial score (nSPS) is 35.5. The third kappa shape index (κ3) is 4.19. The molecule has 2 heteroatoms. The molecule has 1 saturated carbocycles. The van der Waals surface area contributed by atoms with Gasteiger partial charge in [0, 0.05) is 25.3 Å². The monoisotopic (exact) mass is 267 g/mol. The Bertz CT molecular complexity index is 260. The van der Waals surface area contributed by atoms with Crippen molar-refractivity contribution >= 4 is 0 Å². The van der Waals surface area contributed by atoms with Gasteiger partial charge >= 0.3 is 0 Å². The van der Waals surface area contributed by atoms with Crippen LogP contribution >= 0.6 is 0 Å². The third-order valence-electron chi connectivity index (χ3n) is 5.47. The van der Waals surface area contributed by atoms with E-state index in [2.05, 4.69) is 33.0 Å². The van der Waals surface area contributed by atoms with Crippen LogP contribution in [0.15, 0.2) is 0 Å². The van der Waals surface area contributed by atoms with E-state index in [4.69, 9.17) is 4.74 Å². The largest absolute Gasteiger partial charge is 0.381 e. The predicted octanol–water partition coefficient (Wildman–Crippen LogP) is 3.85. The minimum atomic E-state index is 0.653. The summed E-state index contributed by atoms with van der Waals surface area (Å²) in [5, 5.41) is 3.99. The molecule has 112 valence electrons. The molecule has 1 N–H and O–H groups in total. The molecule has 4 unspecified atom stereocenters. The number of ether oxygens (including phenoxy) is 1. The molecule has 1 aliphatic carbocycles.